The minimum atomic E-state index is -0.605. The van der Waals surface area contributed by atoms with Crippen molar-refractivity contribution >= 4 is 5.91 Å². The Morgan fingerprint density at radius 2 is 1.95 bits per heavy atom. The molecule has 1 rings (SSSR count). The van der Waals surface area contributed by atoms with Crippen molar-refractivity contribution in [1.82, 2.24) is 5.32 Å². The lowest BCUT2D eigenvalue weighted by molar-refractivity contribution is -0.122. The third-order valence-corrected chi connectivity index (χ3v) is 2.79. The van der Waals surface area contributed by atoms with Crippen molar-refractivity contribution < 1.29 is 9.53 Å². The lowest BCUT2D eigenvalue weighted by atomic mass is 10.1. The molecule has 19 heavy (non-hydrogen) atoms. The van der Waals surface area contributed by atoms with Gasteiger partial charge in [0, 0.05) is 13.2 Å². The Hall–Kier alpha value is -1.39. The van der Waals surface area contributed by atoms with Crippen molar-refractivity contribution in [1.29, 1.82) is 0 Å². The number of benzene rings is 1. The molecule has 1 unspecified atom stereocenters. The van der Waals surface area contributed by atoms with E-state index in [1.807, 2.05) is 45.0 Å². The second-order valence-corrected chi connectivity index (χ2v) is 4.95. The number of rotatable bonds is 7. The maximum Gasteiger partial charge on any atom is 0.241 e. The SMILES string of the molecule is Cc1ccc(C(N)C(=O)NCCCOC(C)C)cc1. The average molecular weight is 264 g/mol. The second-order valence-electron chi connectivity index (χ2n) is 4.95. The van der Waals surface area contributed by atoms with Crippen LogP contribution in [-0.4, -0.2) is 25.2 Å². The number of aryl methyl sites for hydroxylation is 1. The van der Waals surface area contributed by atoms with Crippen LogP contribution in [-0.2, 0) is 9.53 Å². The molecule has 0 fully saturated rings. The van der Waals surface area contributed by atoms with E-state index in [2.05, 4.69) is 5.32 Å². The lowest BCUT2D eigenvalue weighted by Gasteiger charge is -2.13. The molecule has 0 bridgehead atoms. The Bertz CT molecular complexity index is 388. The van der Waals surface area contributed by atoms with Crippen molar-refractivity contribution in [2.24, 2.45) is 5.73 Å². The summed E-state index contributed by atoms with van der Waals surface area (Å²) in [5, 5.41) is 2.83. The van der Waals surface area contributed by atoms with E-state index in [-0.39, 0.29) is 12.0 Å². The van der Waals surface area contributed by atoms with Gasteiger partial charge in [-0.05, 0) is 32.8 Å². The first-order valence-corrected chi connectivity index (χ1v) is 6.72. The van der Waals surface area contributed by atoms with E-state index in [0.717, 1.165) is 17.5 Å². The summed E-state index contributed by atoms with van der Waals surface area (Å²) in [6, 6.07) is 7.09. The van der Waals surface area contributed by atoms with Crippen LogP contribution in [0.3, 0.4) is 0 Å². The van der Waals surface area contributed by atoms with Crippen LogP contribution in [0, 0.1) is 6.92 Å². The molecular formula is C15H24N2O2. The van der Waals surface area contributed by atoms with Gasteiger partial charge in [-0.3, -0.25) is 4.79 Å². The van der Waals surface area contributed by atoms with E-state index in [1.165, 1.54) is 0 Å². The van der Waals surface area contributed by atoms with Crippen LogP contribution in [0.15, 0.2) is 24.3 Å². The van der Waals surface area contributed by atoms with Gasteiger partial charge in [-0.15, -0.1) is 0 Å². The van der Waals surface area contributed by atoms with Gasteiger partial charge in [-0.1, -0.05) is 29.8 Å². The van der Waals surface area contributed by atoms with Gasteiger partial charge in [0.1, 0.15) is 6.04 Å². The molecule has 0 aliphatic rings. The first-order valence-electron chi connectivity index (χ1n) is 6.72. The van der Waals surface area contributed by atoms with Gasteiger partial charge in [0.2, 0.25) is 5.91 Å². The van der Waals surface area contributed by atoms with Crippen molar-refractivity contribution in [3.63, 3.8) is 0 Å². The van der Waals surface area contributed by atoms with Crippen LogP contribution in [0.2, 0.25) is 0 Å². The average Bonchev–Trinajstić information content (AvgIpc) is 2.37. The summed E-state index contributed by atoms with van der Waals surface area (Å²) < 4.78 is 5.40. The minimum absolute atomic E-state index is 0.145. The molecule has 0 saturated heterocycles. The molecule has 0 heterocycles. The first-order chi connectivity index (χ1) is 9.00. The number of ether oxygens (including phenoxy) is 1. The normalized spacial score (nSPS) is 12.5. The van der Waals surface area contributed by atoms with Crippen molar-refractivity contribution in [2.45, 2.75) is 39.3 Å². The van der Waals surface area contributed by atoms with Crippen LogP contribution >= 0.6 is 0 Å². The van der Waals surface area contributed by atoms with E-state index in [4.69, 9.17) is 10.5 Å². The first kappa shape index (κ1) is 15.7. The molecule has 106 valence electrons. The molecular weight excluding hydrogens is 240 g/mol. The minimum Gasteiger partial charge on any atom is -0.379 e. The van der Waals surface area contributed by atoms with Gasteiger partial charge in [0.05, 0.1) is 6.10 Å². The molecule has 1 aromatic rings. The van der Waals surface area contributed by atoms with Crippen LogP contribution < -0.4 is 11.1 Å². The summed E-state index contributed by atoms with van der Waals surface area (Å²) in [4.78, 5) is 11.8. The molecule has 0 spiro atoms. The number of nitrogens with two attached hydrogens (primary N) is 1. The zero-order valence-corrected chi connectivity index (χ0v) is 12.0. The fraction of sp³-hybridized carbons (Fsp3) is 0.533. The lowest BCUT2D eigenvalue weighted by Crippen LogP contribution is -2.35. The fourth-order valence-corrected chi connectivity index (χ4v) is 1.64. The van der Waals surface area contributed by atoms with Gasteiger partial charge >= 0.3 is 0 Å². The molecule has 1 amide bonds. The predicted molar refractivity (Wildman–Crippen MR) is 76.8 cm³/mol. The quantitative estimate of drug-likeness (QED) is 0.740. The molecule has 0 radical (unpaired) electrons. The highest BCUT2D eigenvalue weighted by atomic mass is 16.5. The third kappa shape index (κ3) is 5.85. The Morgan fingerprint density at radius 3 is 2.53 bits per heavy atom. The molecule has 4 heteroatoms. The summed E-state index contributed by atoms with van der Waals surface area (Å²) in [5.74, 6) is -0.145. The number of carbonyl (C=O) groups excluding carboxylic acids is 1. The Balaban J connectivity index is 2.31. The van der Waals surface area contributed by atoms with Crippen molar-refractivity contribution in [3.05, 3.63) is 35.4 Å². The number of amides is 1. The highest BCUT2D eigenvalue weighted by molar-refractivity contribution is 5.82. The van der Waals surface area contributed by atoms with E-state index in [0.29, 0.717) is 13.2 Å². The molecule has 1 atom stereocenters. The Labute approximate surface area is 115 Å². The van der Waals surface area contributed by atoms with Crippen LogP contribution in [0.25, 0.3) is 0 Å². The smallest absolute Gasteiger partial charge is 0.241 e. The largest absolute Gasteiger partial charge is 0.379 e. The summed E-state index contributed by atoms with van der Waals surface area (Å²) in [5.41, 5.74) is 7.90. The summed E-state index contributed by atoms with van der Waals surface area (Å²) in [7, 11) is 0. The van der Waals surface area contributed by atoms with Crippen LogP contribution in [0.5, 0.6) is 0 Å². The van der Waals surface area contributed by atoms with Gasteiger partial charge in [-0.25, -0.2) is 0 Å². The number of hydrogen-bond donors (Lipinski definition) is 2. The second kappa shape index (κ2) is 7.92. The summed E-state index contributed by atoms with van der Waals surface area (Å²) in [6.07, 6.45) is 1.02. The molecule has 0 aromatic heterocycles. The maximum absolute atomic E-state index is 11.8. The monoisotopic (exact) mass is 264 g/mol. The van der Waals surface area contributed by atoms with Crippen LogP contribution in [0.1, 0.15) is 37.4 Å². The topological polar surface area (TPSA) is 64.4 Å². The highest BCUT2D eigenvalue weighted by Gasteiger charge is 2.14. The summed E-state index contributed by atoms with van der Waals surface area (Å²) in [6.45, 7) is 7.23. The van der Waals surface area contributed by atoms with Gasteiger partial charge in [-0.2, -0.15) is 0 Å². The van der Waals surface area contributed by atoms with Gasteiger partial charge in [0.15, 0.2) is 0 Å². The molecule has 4 nitrogen and oxygen atoms in total. The van der Waals surface area contributed by atoms with Crippen molar-refractivity contribution in [3.8, 4) is 0 Å². The highest BCUT2D eigenvalue weighted by Crippen LogP contribution is 2.11. The Morgan fingerprint density at radius 1 is 1.32 bits per heavy atom. The Kier molecular flexibility index (Phi) is 6.53. The maximum atomic E-state index is 11.8. The summed E-state index contributed by atoms with van der Waals surface area (Å²) >= 11 is 0. The molecule has 0 aliphatic carbocycles. The predicted octanol–water partition coefficient (Wildman–Crippen LogP) is 1.93. The molecule has 0 saturated carbocycles. The third-order valence-electron chi connectivity index (χ3n) is 2.79. The molecule has 1 aromatic carbocycles. The standard InChI is InChI=1S/C15H24N2O2/c1-11(2)19-10-4-9-17-15(18)14(16)13-7-5-12(3)6-8-13/h5-8,11,14H,4,9-10,16H2,1-3H3,(H,17,18). The number of hydrogen-bond acceptors (Lipinski definition) is 3. The zero-order valence-electron chi connectivity index (χ0n) is 12.0. The van der Waals surface area contributed by atoms with Gasteiger partial charge < -0.3 is 15.8 Å². The number of nitrogens with one attached hydrogen (secondary N) is 1. The van der Waals surface area contributed by atoms with E-state index in [9.17, 15) is 4.79 Å². The molecule has 0 aliphatic heterocycles. The van der Waals surface area contributed by atoms with E-state index in [1.54, 1.807) is 0 Å². The van der Waals surface area contributed by atoms with Gasteiger partial charge in [0.25, 0.3) is 0 Å². The molecule has 3 N–H and O–H groups in total. The fourth-order valence-electron chi connectivity index (χ4n) is 1.64. The number of carbonyl (C=O) groups is 1. The van der Waals surface area contributed by atoms with Crippen molar-refractivity contribution in [2.75, 3.05) is 13.2 Å². The van der Waals surface area contributed by atoms with E-state index >= 15 is 0 Å². The zero-order chi connectivity index (χ0) is 14.3. The van der Waals surface area contributed by atoms with E-state index < -0.39 is 6.04 Å². The van der Waals surface area contributed by atoms with Crippen LogP contribution in [0.4, 0.5) is 0 Å².